The molecule has 1 aliphatic rings. The number of nitrogens with zero attached hydrogens (tertiary/aromatic N) is 4. The first-order valence-corrected chi connectivity index (χ1v) is 12.0. The van der Waals surface area contributed by atoms with Crippen molar-refractivity contribution in [2.75, 3.05) is 5.73 Å². The van der Waals surface area contributed by atoms with Gasteiger partial charge in [0.25, 0.3) is 15.6 Å². The molecule has 0 saturated carbocycles. The Bertz CT molecular complexity index is 1060. The van der Waals surface area contributed by atoms with Crippen LogP contribution in [0.5, 0.6) is 0 Å². The van der Waals surface area contributed by atoms with Crippen LogP contribution in [0.25, 0.3) is 11.2 Å². The molecule has 0 aliphatic carbocycles. The molecule has 5 atom stereocenters. The van der Waals surface area contributed by atoms with E-state index in [2.05, 4.69) is 28.1 Å². The van der Waals surface area contributed by atoms with Gasteiger partial charge in [-0.25, -0.2) is 19.3 Å². The van der Waals surface area contributed by atoms with Crippen molar-refractivity contribution in [1.82, 2.24) is 19.5 Å². The third kappa shape index (κ3) is 5.45. The lowest BCUT2D eigenvalue weighted by Gasteiger charge is -2.38. The van der Waals surface area contributed by atoms with Gasteiger partial charge in [0.05, 0.1) is 26.4 Å². The van der Waals surface area contributed by atoms with E-state index in [0.717, 1.165) is 0 Å². The van der Waals surface area contributed by atoms with Crippen molar-refractivity contribution in [2.24, 2.45) is 0 Å². The molecule has 19 heteroatoms. The van der Waals surface area contributed by atoms with Crippen LogP contribution in [0.4, 0.5) is 5.82 Å². The molecule has 1 saturated heterocycles. The molecule has 1 aliphatic heterocycles. The summed E-state index contributed by atoms with van der Waals surface area (Å²) < 4.78 is 51.7. The Morgan fingerprint density at radius 3 is 2.48 bits per heavy atom. The average molecular weight is 471 g/mol. The second kappa shape index (κ2) is 7.76. The molecule has 3 heterocycles. The Morgan fingerprint density at radius 1 is 1.14 bits per heavy atom. The van der Waals surface area contributed by atoms with E-state index in [-0.39, 0.29) is 17.8 Å². The van der Waals surface area contributed by atoms with Crippen LogP contribution < -0.4 is 25.3 Å². The predicted molar refractivity (Wildman–Crippen MR) is 83.8 cm³/mol. The first kappa shape index (κ1) is 22.4. The summed E-state index contributed by atoms with van der Waals surface area (Å²) in [5, 5.41) is 0. The summed E-state index contributed by atoms with van der Waals surface area (Å²) in [5.74, 6) is 0.116. The highest BCUT2D eigenvalue weighted by Gasteiger charge is 2.38. The molecule has 3 rings (SSSR count). The SMILES string of the molecule is C[C@H]1O[C@@H](n2cnc3c(N)ncnc32)C[C@@H]1OP(=O)([O-])OP(=O)([O-])OP(=O)([O-])[O-]. The molecular weight excluding hydrogens is 459 g/mol. The monoisotopic (exact) mass is 471 g/mol. The number of nitrogens with two attached hydrogens (primary N) is 1. The molecule has 0 amide bonds. The van der Waals surface area contributed by atoms with Gasteiger partial charge < -0.3 is 39.1 Å². The summed E-state index contributed by atoms with van der Waals surface area (Å²) >= 11 is 0. The van der Waals surface area contributed by atoms with Gasteiger partial charge in [0.1, 0.15) is 18.1 Å². The summed E-state index contributed by atoms with van der Waals surface area (Å²) in [5.41, 5.74) is 6.28. The van der Waals surface area contributed by atoms with Crippen molar-refractivity contribution in [1.29, 1.82) is 0 Å². The molecule has 0 radical (unpaired) electrons. The number of hydrogen-bond donors (Lipinski definition) is 1. The van der Waals surface area contributed by atoms with E-state index in [0.29, 0.717) is 5.65 Å². The second-order valence-electron chi connectivity index (χ2n) is 5.76. The number of fused-ring (bicyclic) bond motifs is 1. The van der Waals surface area contributed by atoms with Gasteiger partial charge >= 0.3 is 0 Å². The Morgan fingerprint density at radius 2 is 1.83 bits per heavy atom. The number of hydrogen-bond acceptors (Lipinski definition) is 15. The lowest BCUT2D eigenvalue weighted by molar-refractivity contribution is -0.339. The normalized spacial score (nSPS) is 27.0. The van der Waals surface area contributed by atoms with Gasteiger partial charge in [0, 0.05) is 6.42 Å². The fourth-order valence-electron chi connectivity index (χ4n) is 2.61. The summed E-state index contributed by atoms with van der Waals surface area (Å²) in [6, 6.07) is 0. The summed E-state index contributed by atoms with van der Waals surface area (Å²) in [6.45, 7) is 1.43. The van der Waals surface area contributed by atoms with Crippen molar-refractivity contribution in [3.8, 4) is 0 Å². The molecular formula is C10H12N5O11P3-4. The topological polar surface area (TPSA) is 250 Å². The molecule has 162 valence electrons. The molecule has 2 unspecified atom stereocenters. The summed E-state index contributed by atoms with van der Waals surface area (Å²) in [7, 11) is -17.8. The first-order chi connectivity index (χ1) is 13.3. The zero-order valence-corrected chi connectivity index (χ0v) is 17.0. The fourth-order valence-corrected chi connectivity index (χ4v) is 5.71. The average Bonchev–Trinajstić information content (AvgIpc) is 3.08. The molecule has 0 bridgehead atoms. The van der Waals surface area contributed by atoms with Crippen LogP contribution >= 0.6 is 23.5 Å². The minimum absolute atomic E-state index is 0.113. The maximum Gasteiger partial charge on any atom is 0.278 e. The molecule has 2 aromatic rings. The van der Waals surface area contributed by atoms with Crippen LogP contribution in [-0.2, 0) is 31.6 Å². The van der Waals surface area contributed by atoms with E-state index < -0.39 is 41.9 Å². The van der Waals surface area contributed by atoms with Crippen LogP contribution in [0.2, 0.25) is 0 Å². The van der Waals surface area contributed by atoms with Gasteiger partial charge in [0.15, 0.2) is 11.5 Å². The molecule has 0 aromatic carbocycles. The number of phosphoric acid groups is 3. The van der Waals surface area contributed by atoms with Crippen LogP contribution in [0.15, 0.2) is 12.7 Å². The zero-order chi connectivity index (χ0) is 21.6. The van der Waals surface area contributed by atoms with E-state index in [1.165, 1.54) is 24.1 Å². The summed E-state index contributed by atoms with van der Waals surface area (Å²) in [4.78, 5) is 55.6. The highest BCUT2D eigenvalue weighted by molar-refractivity contribution is 7.64. The van der Waals surface area contributed by atoms with Gasteiger partial charge in [0.2, 0.25) is 0 Å². The van der Waals surface area contributed by atoms with Crippen LogP contribution in [0.1, 0.15) is 19.6 Å². The fraction of sp³-hybridized carbons (Fsp3) is 0.500. The minimum Gasteiger partial charge on any atom is -0.790 e. The molecule has 2 N–H and O–H groups in total. The van der Waals surface area contributed by atoms with Gasteiger partial charge in [-0.2, -0.15) is 0 Å². The van der Waals surface area contributed by atoms with Gasteiger partial charge in [-0.1, -0.05) is 0 Å². The highest BCUT2D eigenvalue weighted by atomic mass is 31.3. The van der Waals surface area contributed by atoms with Crippen LogP contribution in [0.3, 0.4) is 0 Å². The number of rotatable bonds is 7. The number of aromatic nitrogens is 4. The molecule has 2 aromatic heterocycles. The van der Waals surface area contributed by atoms with Crippen molar-refractivity contribution < 1.29 is 51.2 Å². The largest absolute Gasteiger partial charge is 0.790 e. The first-order valence-electron chi connectivity index (χ1n) is 7.60. The van der Waals surface area contributed by atoms with Crippen molar-refractivity contribution in [2.45, 2.75) is 31.8 Å². The maximum atomic E-state index is 11.8. The third-order valence-electron chi connectivity index (χ3n) is 3.69. The van der Waals surface area contributed by atoms with Gasteiger partial charge in [-0.15, -0.1) is 0 Å². The lowest BCUT2D eigenvalue weighted by Crippen LogP contribution is -2.25. The van der Waals surface area contributed by atoms with Gasteiger partial charge in [-0.05, 0) is 6.92 Å². The standard InChI is InChI=1S/C10H16N5O11P3/c1-5-6(24-28(19,20)26-29(21,22)25-27(16,17)18)2-7(23-5)15-4-14-8-9(11)12-3-13-10(8)15/h3-7H,2H2,1H3,(H,19,20)(H,21,22)(H2,11,12,13)(H2,16,17,18)/p-4/t5-,6+,7-/m1/s1. The van der Waals surface area contributed by atoms with Crippen LogP contribution in [0, 0.1) is 0 Å². The molecule has 1 fully saturated rings. The second-order valence-corrected chi connectivity index (χ2v) is 9.96. The van der Waals surface area contributed by atoms with Gasteiger partial charge in [-0.3, -0.25) is 18.0 Å². The number of ether oxygens (including phenoxy) is 1. The molecule has 29 heavy (non-hydrogen) atoms. The lowest BCUT2D eigenvalue weighted by atomic mass is 10.2. The van der Waals surface area contributed by atoms with E-state index in [9.17, 15) is 33.3 Å². The molecule has 0 spiro atoms. The number of anilines is 1. The summed E-state index contributed by atoms with van der Waals surface area (Å²) in [6.07, 6.45) is -0.502. The van der Waals surface area contributed by atoms with Crippen LogP contribution in [-0.4, -0.2) is 31.7 Å². The maximum absolute atomic E-state index is 11.8. The smallest absolute Gasteiger partial charge is 0.278 e. The Balaban J connectivity index is 1.72. The quantitative estimate of drug-likeness (QED) is 0.425. The minimum atomic E-state index is -6.07. The zero-order valence-electron chi connectivity index (χ0n) is 14.3. The number of nitrogen functional groups attached to an aromatic ring is 1. The number of phosphoric ester groups is 1. The van der Waals surface area contributed by atoms with E-state index >= 15 is 0 Å². The predicted octanol–water partition coefficient (Wildman–Crippen LogP) is -2.10. The third-order valence-corrected chi connectivity index (χ3v) is 7.42. The van der Waals surface area contributed by atoms with Crippen molar-refractivity contribution >= 4 is 40.4 Å². The van der Waals surface area contributed by atoms with E-state index in [1.54, 1.807) is 0 Å². The Labute approximate surface area is 162 Å². The Kier molecular flexibility index (Phi) is 6.00. The Hall–Kier alpha value is -1.28. The number of imidazole rings is 1. The highest BCUT2D eigenvalue weighted by Crippen LogP contribution is 2.61. The van der Waals surface area contributed by atoms with Crippen molar-refractivity contribution in [3.05, 3.63) is 12.7 Å². The molecule has 16 nitrogen and oxygen atoms in total. The van der Waals surface area contributed by atoms with E-state index in [4.69, 9.17) is 10.5 Å². The van der Waals surface area contributed by atoms with E-state index in [1.807, 2.05) is 0 Å². The van der Waals surface area contributed by atoms with Crippen molar-refractivity contribution in [3.63, 3.8) is 0 Å².